The van der Waals surface area contributed by atoms with Crippen LogP contribution >= 0.6 is 11.6 Å². The summed E-state index contributed by atoms with van der Waals surface area (Å²) in [4.78, 5) is 24.8. The second kappa shape index (κ2) is 8.17. The summed E-state index contributed by atoms with van der Waals surface area (Å²) in [6.07, 6.45) is 1.27. The third-order valence-corrected chi connectivity index (χ3v) is 4.24. The van der Waals surface area contributed by atoms with Crippen LogP contribution in [-0.2, 0) is 14.3 Å². The van der Waals surface area contributed by atoms with Crippen LogP contribution in [0.5, 0.6) is 5.75 Å². The maximum atomic E-state index is 12.4. The standard InChI is InChI=1S/C16H20ClNO5/c1-11-13(17)3-2-4-14(11)23-10-15(19)18(9-16(20)21)12-5-7-22-8-6-12/h2-4,12H,5-10H2,1H3,(H,20,21). The highest BCUT2D eigenvalue weighted by Crippen LogP contribution is 2.25. The molecule has 6 nitrogen and oxygen atoms in total. The number of nitrogens with zero attached hydrogens (tertiary/aromatic N) is 1. The summed E-state index contributed by atoms with van der Waals surface area (Å²) < 4.78 is 10.8. The molecule has 0 aromatic heterocycles. The van der Waals surface area contributed by atoms with E-state index in [2.05, 4.69) is 0 Å². The SMILES string of the molecule is Cc1c(Cl)cccc1OCC(=O)N(CC(=O)O)C1CCOCC1. The van der Waals surface area contributed by atoms with Crippen molar-refractivity contribution in [1.29, 1.82) is 0 Å². The molecule has 126 valence electrons. The van der Waals surface area contributed by atoms with Crippen molar-refractivity contribution in [2.45, 2.75) is 25.8 Å². The quantitative estimate of drug-likeness (QED) is 0.857. The Kier molecular flexibility index (Phi) is 6.24. The van der Waals surface area contributed by atoms with Crippen LogP contribution in [0.25, 0.3) is 0 Å². The molecule has 0 unspecified atom stereocenters. The molecule has 1 saturated heterocycles. The Balaban J connectivity index is 2.02. The van der Waals surface area contributed by atoms with Crippen molar-refractivity contribution in [2.24, 2.45) is 0 Å². The van der Waals surface area contributed by atoms with Gasteiger partial charge in [-0.2, -0.15) is 0 Å². The Morgan fingerprint density at radius 3 is 2.74 bits per heavy atom. The van der Waals surface area contributed by atoms with Crippen molar-refractivity contribution in [3.8, 4) is 5.75 Å². The smallest absolute Gasteiger partial charge is 0.323 e. The molecule has 1 aliphatic heterocycles. The van der Waals surface area contributed by atoms with Gasteiger partial charge in [0.05, 0.1) is 0 Å². The first-order valence-corrected chi connectivity index (χ1v) is 7.83. The van der Waals surface area contributed by atoms with Gasteiger partial charge in [-0.05, 0) is 31.9 Å². The molecule has 0 atom stereocenters. The largest absolute Gasteiger partial charge is 0.483 e. The minimum absolute atomic E-state index is 0.128. The maximum absolute atomic E-state index is 12.4. The topological polar surface area (TPSA) is 76.1 Å². The second-order valence-corrected chi connectivity index (χ2v) is 5.82. The summed E-state index contributed by atoms with van der Waals surface area (Å²) in [5, 5.41) is 9.60. The lowest BCUT2D eigenvalue weighted by Crippen LogP contribution is -2.47. The van der Waals surface area contributed by atoms with Gasteiger partial charge in [-0.3, -0.25) is 9.59 Å². The molecule has 0 saturated carbocycles. The van der Waals surface area contributed by atoms with E-state index in [-0.39, 0.29) is 25.1 Å². The Morgan fingerprint density at radius 1 is 1.39 bits per heavy atom. The molecule has 2 rings (SSSR count). The predicted octanol–water partition coefficient (Wildman–Crippen LogP) is 2.12. The van der Waals surface area contributed by atoms with Gasteiger partial charge in [0.25, 0.3) is 5.91 Å². The van der Waals surface area contributed by atoms with Crippen molar-refractivity contribution in [2.75, 3.05) is 26.4 Å². The van der Waals surface area contributed by atoms with Gasteiger partial charge < -0.3 is 19.5 Å². The zero-order valence-corrected chi connectivity index (χ0v) is 13.7. The van der Waals surface area contributed by atoms with Crippen LogP contribution in [0.1, 0.15) is 18.4 Å². The number of amides is 1. The summed E-state index contributed by atoms with van der Waals surface area (Å²) in [5.74, 6) is -0.865. The minimum Gasteiger partial charge on any atom is -0.483 e. The summed E-state index contributed by atoms with van der Waals surface area (Å²) in [5.41, 5.74) is 0.748. The number of carbonyl (C=O) groups excluding carboxylic acids is 1. The molecular weight excluding hydrogens is 322 g/mol. The lowest BCUT2D eigenvalue weighted by molar-refractivity contribution is -0.148. The zero-order chi connectivity index (χ0) is 16.8. The molecule has 1 fully saturated rings. The average molecular weight is 342 g/mol. The number of halogens is 1. The van der Waals surface area contributed by atoms with Crippen LogP contribution in [0, 0.1) is 6.92 Å². The highest BCUT2D eigenvalue weighted by atomic mass is 35.5. The number of carbonyl (C=O) groups is 2. The van der Waals surface area contributed by atoms with Gasteiger partial charge in [-0.15, -0.1) is 0 Å². The van der Waals surface area contributed by atoms with Crippen molar-refractivity contribution in [3.05, 3.63) is 28.8 Å². The lowest BCUT2D eigenvalue weighted by atomic mass is 10.1. The van der Waals surface area contributed by atoms with Gasteiger partial charge in [0.1, 0.15) is 12.3 Å². The number of rotatable bonds is 6. The molecule has 0 radical (unpaired) electrons. The number of ether oxygens (including phenoxy) is 2. The van der Waals surface area contributed by atoms with Crippen LogP contribution < -0.4 is 4.74 Å². The molecule has 0 aliphatic carbocycles. The molecule has 1 amide bonds. The van der Waals surface area contributed by atoms with E-state index in [0.29, 0.717) is 36.8 Å². The third kappa shape index (κ3) is 4.84. The molecule has 0 bridgehead atoms. The molecule has 1 heterocycles. The van der Waals surface area contributed by atoms with E-state index >= 15 is 0 Å². The van der Waals surface area contributed by atoms with E-state index in [0.717, 1.165) is 5.56 Å². The van der Waals surface area contributed by atoms with Gasteiger partial charge >= 0.3 is 5.97 Å². The summed E-state index contributed by atoms with van der Waals surface area (Å²) in [6.45, 7) is 2.31. The van der Waals surface area contributed by atoms with Gasteiger partial charge in [-0.1, -0.05) is 17.7 Å². The predicted molar refractivity (Wildman–Crippen MR) is 84.9 cm³/mol. The first-order chi connectivity index (χ1) is 11.0. The van der Waals surface area contributed by atoms with Crippen molar-refractivity contribution in [1.82, 2.24) is 4.90 Å². The first kappa shape index (κ1) is 17.6. The Labute approximate surface area is 139 Å². The van der Waals surface area contributed by atoms with E-state index in [4.69, 9.17) is 26.2 Å². The number of carboxylic acid groups (broad SMARTS) is 1. The Morgan fingerprint density at radius 2 is 2.09 bits per heavy atom. The maximum Gasteiger partial charge on any atom is 0.323 e. The molecular formula is C16H20ClNO5. The number of hydrogen-bond donors (Lipinski definition) is 1. The molecule has 7 heteroatoms. The number of aliphatic carboxylic acids is 1. The Hall–Kier alpha value is -1.79. The van der Waals surface area contributed by atoms with Crippen molar-refractivity contribution < 1.29 is 24.2 Å². The van der Waals surface area contributed by atoms with Crippen LogP contribution in [0.2, 0.25) is 5.02 Å². The molecule has 1 N–H and O–H groups in total. The fourth-order valence-electron chi connectivity index (χ4n) is 2.53. The highest BCUT2D eigenvalue weighted by Gasteiger charge is 2.27. The number of carboxylic acids is 1. The van der Waals surface area contributed by atoms with Gasteiger partial charge in [0.2, 0.25) is 0 Å². The normalized spacial score (nSPS) is 15.2. The van der Waals surface area contributed by atoms with Crippen molar-refractivity contribution in [3.63, 3.8) is 0 Å². The molecule has 0 spiro atoms. The zero-order valence-electron chi connectivity index (χ0n) is 13.0. The molecule has 1 aromatic rings. The minimum atomic E-state index is -1.04. The third-order valence-electron chi connectivity index (χ3n) is 3.83. The van der Waals surface area contributed by atoms with Gasteiger partial charge in [0, 0.05) is 29.8 Å². The van der Waals surface area contributed by atoms with Crippen LogP contribution in [0.4, 0.5) is 0 Å². The van der Waals surface area contributed by atoms with E-state index in [1.807, 2.05) is 0 Å². The van der Waals surface area contributed by atoms with Gasteiger partial charge in [-0.25, -0.2) is 0 Å². The van der Waals surface area contributed by atoms with Gasteiger partial charge in [0.15, 0.2) is 6.61 Å². The van der Waals surface area contributed by atoms with Crippen LogP contribution in [0.3, 0.4) is 0 Å². The van der Waals surface area contributed by atoms with Crippen LogP contribution in [-0.4, -0.2) is 54.3 Å². The van der Waals surface area contributed by atoms with E-state index < -0.39 is 5.97 Å². The average Bonchev–Trinajstić information content (AvgIpc) is 2.54. The summed E-state index contributed by atoms with van der Waals surface area (Å²) >= 11 is 6.02. The number of hydrogen-bond acceptors (Lipinski definition) is 4. The first-order valence-electron chi connectivity index (χ1n) is 7.46. The Bertz CT molecular complexity index is 572. The van der Waals surface area contributed by atoms with E-state index in [9.17, 15) is 9.59 Å². The molecule has 23 heavy (non-hydrogen) atoms. The highest BCUT2D eigenvalue weighted by molar-refractivity contribution is 6.31. The van der Waals surface area contributed by atoms with Crippen molar-refractivity contribution >= 4 is 23.5 Å². The van der Waals surface area contributed by atoms with E-state index in [1.165, 1.54) is 4.90 Å². The van der Waals surface area contributed by atoms with Crippen LogP contribution in [0.15, 0.2) is 18.2 Å². The second-order valence-electron chi connectivity index (χ2n) is 5.41. The fraction of sp³-hybridized carbons (Fsp3) is 0.500. The monoisotopic (exact) mass is 341 g/mol. The number of benzene rings is 1. The lowest BCUT2D eigenvalue weighted by Gasteiger charge is -2.33. The summed E-state index contributed by atoms with van der Waals surface area (Å²) in [6, 6.07) is 5.08. The summed E-state index contributed by atoms with van der Waals surface area (Å²) in [7, 11) is 0. The van der Waals surface area contributed by atoms with E-state index in [1.54, 1.807) is 25.1 Å². The molecule has 1 aliphatic rings. The molecule has 1 aromatic carbocycles. The fourth-order valence-corrected chi connectivity index (χ4v) is 2.70.